The molecule has 10 heteroatoms. The van der Waals surface area contributed by atoms with Gasteiger partial charge >= 0.3 is 0 Å². The molecule has 1 atom stereocenters. The summed E-state index contributed by atoms with van der Waals surface area (Å²) >= 11 is 2.68. The van der Waals surface area contributed by atoms with Gasteiger partial charge in [-0.3, -0.25) is 19.3 Å². The first-order chi connectivity index (χ1) is 12.0. The Balaban J connectivity index is 1.61. The summed E-state index contributed by atoms with van der Waals surface area (Å²) in [5, 5.41) is 11.8. The minimum atomic E-state index is -0.537. The van der Waals surface area contributed by atoms with E-state index in [0.29, 0.717) is 16.7 Å². The van der Waals surface area contributed by atoms with Crippen LogP contribution in [0.25, 0.3) is 4.96 Å². The highest BCUT2D eigenvalue weighted by atomic mass is 32.1. The van der Waals surface area contributed by atoms with Gasteiger partial charge in [-0.05, 0) is 26.7 Å². The number of rotatable bonds is 3. The van der Waals surface area contributed by atoms with Gasteiger partial charge in [-0.2, -0.15) is 0 Å². The molecule has 130 valence electrons. The number of aryl methyl sites for hydroxylation is 2. The predicted molar refractivity (Wildman–Crippen MR) is 94.6 cm³/mol. The van der Waals surface area contributed by atoms with Crippen LogP contribution in [0.4, 0.5) is 5.13 Å². The fraction of sp³-hybridized carbons (Fsp3) is 0.400. The molecule has 1 N–H and O–H groups in total. The fourth-order valence-corrected chi connectivity index (χ4v) is 4.44. The molecule has 0 aromatic carbocycles. The molecule has 25 heavy (non-hydrogen) atoms. The van der Waals surface area contributed by atoms with Gasteiger partial charge in [-0.25, -0.2) is 4.98 Å². The van der Waals surface area contributed by atoms with Gasteiger partial charge in [0.1, 0.15) is 16.7 Å². The number of thiazole rings is 1. The fourth-order valence-electron chi connectivity index (χ4n) is 2.68. The van der Waals surface area contributed by atoms with E-state index in [1.165, 1.54) is 33.3 Å². The number of hydrogen-bond acceptors (Lipinski definition) is 8. The SMILES string of the molecule is Cc1sc2ncc(C(=O)Nc3nnc([C@@H]4CCCO4)s3)c(=O)n2c1C. The first kappa shape index (κ1) is 16.3. The van der Waals surface area contributed by atoms with E-state index >= 15 is 0 Å². The lowest BCUT2D eigenvalue weighted by atomic mass is 10.2. The third kappa shape index (κ3) is 2.86. The Morgan fingerprint density at radius 1 is 1.36 bits per heavy atom. The minimum Gasteiger partial charge on any atom is -0.371 e. The van der Waals surface area contributed by atoms with Crippen molar-refractivity contribution in [3.8, 4) is 0 Å². The molecule has 0 unspecified atom stereocenters. The minimum absolute atomic E-state index is 0.0210. The number of carbonyl (C=O) groups is 1. The van der Waals surface area contributed by atoms with Crippen LogP contribution < -0.4 is 10.9 Å². The van der Waals surface area contributed by atoms with Crippen LogP contribution in [0.3, 0.4) is 0 Å². The quantitative estimate of drug-likeness (QED) is 0.752. The maximum absolute atomic E-state index is 12.6. The lowest BCUT2D eigenvalue weighted by Crippen LogP contribution is -2.26. The largest absolute Gasteiger partial charge is 0.371 e. The second-order valence-corrected chi connectivity index (χ2v) is 7.93. The van der Waals surface area contributed by atoms with Crippen molar-refractivity contribution in [3.63, 3.8) is 0 Å². The van der Waals surface area contributed by atoms with Gasteiger partial charge in [0.2, 0.25) is 5.13 Å². The van der Waals surface area contributed by atoms with Crippen LogP contribution in [0.2, 0.25) is 0 Å². The summed E-state index contributed by atoms with van der Waals surface area (Å²) in [7, 11) is 0. The molecule has 1 aliphatic rings. The number of nitrogens with one attached hydrogen (secondary N) is 1. The van der Waals surface area contributed by atoms with Crippen molar-refractivity contribution in [2.75, 3.05) is 11.9 Å². The summed E-state index contributed by atoms with van der Waals surface area (Å²) in [6.45, 7) is 4.47. The second-order valence-electron chi connectivity index (χ2n) is 5.74. The van der Waals surface area contributed by atoms with Crippen LogP contribution in [0.1, 0.15) is 44.9 Å². The predicted octanol–water partition coefficient (Wildman–Crippen LogP) is 2.33. The van der Waals surface area contributed by atoms with Crippen LogP contribution in [0.15, 0.2) is 11.0 Å². The zero-order chi connectivity index (χ0) is 17.6. The van der Waals surface area contributed by atoms with Crippen molar-refractivity contribution < 1.29 is 9.53 Å². The highest BCUT2D eigenvalue weighted by Crippen LogP contribution is 2.31. The summed E-state index contributed by atoms with van der Waals surface area (Å²) in [5.41, 5.74) is 0.393. The van der Waals surface area contributed by atoms with E-state index in [1.54, 1.807) is 0 Å². The standard InChI is InChI=1S/C15H15N5O3S2/c1-7-8(2)24-15-16-6-9(13(22)20(7)15)11(21)17-14-19-18-12(25-14)10-4-3-5-23-10/h6,10H,3-5H2,1-2H3,(H,17,19,21)/t10-/m0/s1. The molecule has 3 aromatic heterocycles. The Morgan fingerprint density at radius 2 is 2.20 bits per heavy atom. The molecule has 4 heterocycles. The number of ether oxygens (including phenoxy) is 1. The number of carbonyl (C=O) groups excluding carboxylic acids is 1. The van der Waals surface area contributed by atoms with Gasteiger partial charge in [0.25, 0.3) is 11.5 Å². The topological polar surface area (TPSA) is 98.5 Å². The van der Waals surface area contributed by atoms with Gasteiger partial charge in [0.15, 0.2) is 4.96 Å². The highest BCUT2D eigenvalue weighted by Gasteiger charge is 2.23. The molecule has 4 rings (SSSR count). The number of fused-ring (bicyclic) bond motifs is 1. The molecular weight excluding hydrogens is 362 g/mol. The zero-order valence-corrected chi connectivity index (χ0v) is 15.2. The number of anilines is 1. The van der Waals surface area contributed by atoms with Crippen molar-refractivity contribution in [1.82, 2.24) is 19.6 Å². The summed E-state index contributed by atoms with van der Waals surface area (Å²) in [6, 6.07) is 0. The molecule has 1 amide bonds. The molecule has 0 radical (unpaired) electrons. The van der Waals surface area contributed by atoms with E-state index in [0.717, 1.165) is 28.4 Å². The van der Waals surface area contributed by atoms with E-state index in [1.807, 2.05) is 13.8 Å². The van der Waals surface area contributed by atoms with E-state index in [9.17, 15) is 9.59 Å². The Labute approximate surface area is 150 Å². The van der Waals surface area contributed by atoms with Gasteiger partial charge in [-0.1, -0.05) is 11.3 Å². The van der Waals surface area contributed by atoms with Crippen LogP contribution in [-0.2, 0) is 4.74 Å². The summed E-state index contributed by atoms with van der Waals surface area (Å²) in [5.74, 6) is -0.537. The van der Waals surface area contributed by atoms with Gasteiger partial charge in [0, 0.05) is 23.4 Å². The molecule has 1 aliphatic heterocycles. The van der Waals surface area contributed by atoms with Crippen LogP contribution in [0, 0.1) is 13.8 Å². The monoisotopic (exact) mass is 377 g/mol. The number of hydrogen-bond donors (Lipinski definition) is 1. The lowest BCUT2D eigenvalue weighted by Gasteiger charge is -2.03. The average Bonchev–Trinajstić information content (AvgIpc) is 3.29. The smallest absolute Gasteiger partial charge is 0.271 e. The van der Waals surface area contributed by atoms with Gasteiger partial charge < -0.3 is 4.74 Å². The lowest BCUT2D eigenvalue weighted by molar-refractivity contribution is 0.102. The summed E-state index contributed by atoms with van der Waals surface area (Å²) in [4.78, 5) is 30.9. The highest BCUT2D eigenvalue weighted by molar-refractivity contribution is 7.17. The third-order valence-electron chi connectivity index (χ3n) is 4.13. The molecule has 8 nitrogen and oxygen atoms in total. The number of nitrogens with zero attached hydrogens (tertiary/aromatic N) is 4. The van der Waals surface area contributed by atoms with Crippen molar-refractivity contribution in [2.24, 2.45) is 0 Å². The third-order valence-corrected chi connectivity index (χ3v) is 6.13. The molecule has 0 bridgehead atoms. The Kier molecular flexibility index (Phi) is 4.10. The van der Waals surface area contributed by atoms with Crippen molar-refractivity contribution in [2.45, 2.75) is 32.8 Å². The van der Waals surface area contributed by atoms with Crippen LogP contribution in [0.5, 0.6) is 0 Å². The zero-order valence-electron chi connectivity index (χ0n) is 13.6. The number of amides is 1. The summed E-state index contributed by atoms with van der Waals surface area (Å²) < 4.78 is 7.02. The molecule has 0 saturated carbocycles. The van der Waals surface area contributed by atoms with Gasteiger partial charge in [-0.15, -0.1) is 21.5 Å². The molecule has 1 saturated heterocycles. The molecular formula is C15H15N5O3S2. The van der Waals surface area contributed by atoms with E-state index in [4.69, 9.17) is 4.74 Å². The summed E-state index contributed by atoms with van der Waals surface area (Å²) in [6.07, 6.45) is 3.16. The Morgan fingerprint density at radius 3 is 2.96 bits per heavy atom. The normalized spacial score (nSPS) is 17.3. The maximum Gasteiger partial charge on any atom is 0.271 e. The van der Waals surface area contributed by atoms with Crippen molar-refractivity contribution in [3.05, 3.63) is 37.7 Å². The first-order valence-electron chi connectivity index (χ1n) is 7.78. The van der Waals surface area contributed by atoms with Crippen LogP contribution >= 0.6 is 22.7 Å². The van der Waals surface area contributed by atoms with E-state index in [-0.39, 0.29) is 17.2 Å². The average molecular weight is 377 g/mol. The van der Waals surface area contributed by atoms with E-state index < -0.39 is 5.91 Å². The first-order valence-corrected chi connectivity index (χ1v) is 9.42. The van der Waals surface area contributed by atoms with E-state index in [2.05, 4.69) is 20.5 Å². The molecule has 3 aromatic rings. The number of aromatic nitrogens is 4. The molecule has 1 fully saturated rings. The van der Waals surface area contributed by atoms with Gasteiger partial charge in [0.05, 0.1) is 0 Å². The molecule has 0 spiro atoms. The van der Waals surface area contributed by atoms with Crippen LogP contribution in [-0.4, -0.2) is 32.1 Å². The van der Waals surface area contributed by atoms with Crippen molar-refractivity contribution >= 4 is 38.7 Å². The maximum atomic E-state index is 12.6. The second kappa shape index (κ2) is 6.28. The Bertz CT molecular complexity index is 1020. The van der Waals surface area contributed by atoms with Crippen molar-refractivity contribution in [1.29, 1.82) is 0 Å². The Hall–Kier alpha value is -2.17. The molecule has 0 aliphatic carbocycles.